The highest BCUT2D eigenvalue weighted by atomic mass is 32.2. The Morgan fingerprint density at radius 2 is 1.77 bits per heavy atom. The summed E-state index contributed by atoms with van der Waals surface area (Å²) in [5, 5.41) is 20.0. The summed E-state index contributed by atoms with van der Waals surface area (Å²) >= 11 is 0. The van der Waals surface area contributed by atoms with Crippen molar-refractivity contribution in [3.63, 3.8) is 0 Å². The zero-order valence-corrected chi connectivity index (χ0v) is 22.5. The topological polar surface area (TPSA) is 74.6 Å². The minimum Gasteiger partial charge on any atom is -0.393 e. The van der Waals surface area contributed by atoms with Crippen molar-refractivity contribution >= 4 is 9.84 Å². The molecule has 1 aromatic rings. The normalized spacial score (nSPS) is 40.7. The SMILES string of the molecule is C[C@@H](O)CC(CC1CCC2C3CC=C4CC(O)CCC4(C)C3CCC12C)S(=O)(=O)c1ccccc1. The summed E-state index contributed by atoms with van der Waals surface area (Å²) in [7, 11) is -3.50. The number of benzene rings is 1. The molecule has 3 fully saturated rings. The first-order chi connectivity index (χ1) is 16.6. The number of allylic oxidation sites excluding steroid dienone is 1. The van der Waals surface area contributed by atoms with Gasteiger partial charge in [0.05, 0.1) is 22.4 Å². The van der Waals surface area contributed by atoms with Gasteiger partial charge in [-0.2, -0.15) is 0 Å². The lowest BCUT2D eigenvalue weighted by Crippen LogP contribution is -2.50. The Kier molecular flexibility index (Phi) is 6.76. The van der Waals surface area contributed by atoms with Crippen LogP contribution in [0.4, 0.5) is 0 Å². The molecule has 3 saturated carbocycles. The number of hydrogen-bond donors (Lipinski definition) is 2. The lowest BCUT2D eigenvalue weighted by Gasteiger charge is -2.58. The predicted molar refractivity (Wildman–Crippen MR) is 140 cm³/mol. The molecule has 194 valence electrons. The molecule has 1 aromatic carbocycles. The van der Waals surface area contributed by atoms with E-state index < -0.39 is 21.2 Å². The van der Waals surface area contributed by atoms with Crippen LogP contribution in [0, 0.1) is 34.5 Å². The molecular formula is C30H44O4S. The van der Waals surface area contributed by atoms with E-state index in [-0.39, 0.29) is 16.9 Å². The zero-order chi connectivity index (χ0) is 25.0. The summed E-state index contributed by atoms with van der Waals surface area (Å²) in [5.74, 6) is 2.37. The average Bonchev–Trinajstić information content (AvgIpc) is 3.15. The van der Waals surface area contributed by atoms with Crippen molar-refractivity contribution in [2.75, 3.05) is 0 Å². The van der Waals surface area contributed by atoms with E-state index in [2.05, 4.69) is 19.9 Å². The fourth-order valence-corrected chi connectivity index (χ4v) is 10.9. The van der Waals surface area contributed by atoms with Gasteiger partial charge in [-0.25, -0.2) is 8.42 Å². The van der Waals surface area contributed by atoms with Crippen molar-refractivity contribution in [1.82, 2.24) is 0 Å². The van der Waals surface area contributed by atoms with E-state index in [0.717, 1.165) is 32.1 Å². The summed E-state index contributed by atoms with van der Waals surface area (Å²) in [6, 6.07) is 8.82. The van der Waals surface area contributed by atoms with Gasteiger partial charge in [0.25, 0.3) is 0 Å². The Morgan fingerprint density at radius 1 is 1.03 bits per heavy atom. The third kappa shape index (κ3) is 4.34. The van der Waals surface area contributed by atoms with Crippen molar-refractivity contribution in [1.29, 1.82) is 0 Å². The molecule has 5 heteroatoms. The Labute approximate surface area is 212 Å². The second kappa shape index (κ2) is 9.29. The molecular weight excluding hydrogens is 456 g/mol. The van der Waals surface area contributed by atoms with E-state index in [1.165, 1.54) is 24.8 Å². The summed E-state index contributed by atoms with van der Waals surface area (Å²) in [6.45, 7) is 6.62. The van der Waals surface area contributed by atoms with Gasteiger partial charge in [-0.15, -0.1) is 0 Å². The average molecular weight is 501 g/mol. The maximum absolute atomic E-state index is 13.6. The fourth-order valence-electron chi connectivity index (χ4n) is 8.99. The van der Waals surface area contributed by atoms with Gasteiger partial charge >= 0.3 is 0 Å². The first kappa shape index (κ1) is 25.5. The largest absolute Gasteiger partial charge is 0.393 e. The van der Waals surface area contributed by atoms with E-state index >= 15 is 0 Å². The third-order valence-electron chi connectivity index (χ3n) is 10.9. The molecule has 5 rings (SSSR count). The fraction of sp³-hybridized carbons (Fsp3) is 0.733. The monoisotopic (exact) mass is 500 g/mol. The highest BCUT2D eigenvalue weighted by Gasteiger charge is 2.58. The zero-order valence-electron chi connectivity index (χ0n) is 21.7. The number of sulfone groups is 1. The van der Waals surface area contributed by atoms with Gasteiger partial charge in [-0.1, -0.05) is 43.7 Å². The number of hydrogen-bond acceptors (Lipinski definition) is 4. The third-order valence-corrected chi connectivity index (χ3v) is 13.1. The second-order valence-electron chi connectivity index (χ2n) is 12.8. The van der Waals surface area contributed by atoms with Crippen LogP contribution in [0.1, 0.15) is 85.0 Å². The Balaban J connectivity index is 1.39. The molecule has 4 aliphatic carbocycles. The van der Waals surface area contributed by atoms with Crippen molar-refractivity contribution in [3.8, 4) is 0 Å². The van der Waals surface area contributed by atoms with E-state index in [4.69, 9.17) is 0 Å². The summed E-state index contributed by atoms with van der Waals surface area (Å²) in [6.07, 6.45) is 11.3. The van der Waals surface area contributed by atoms with E-state index in [9.17, 15) is 18.6 Å². The quantitative estimate of drug-likeness (QED) is 0.475. The molecule has 0 amide bonds. The smallest absolute Gasteiger partial charge is 0.181 e. The van der Waals surface area contributed by atoms with Crippen LogP contribution in [0.3, 0.4) is 0 Å². The van der Waals surface area contributed by atoms with E-state index in [0.29, 0.717) is 41.4 Å². The Hall–Kier alpha value is -1.17. The molecule has 4 aliphatic rings. The lowest BCUT2D eigenvalue weighted by molar-refractivity contribution is -0.0509. The Bertz CT molecular complexity index is 1050. The van der Waals surface area contributed by atoms with Crippen LogP contribution in [0.25, 0.3) is 0 Å². The van der Waals surface area contributed by atoms with Crippen molar-refractivity contribution in [2.24, 2.45) is 34.5 Å². The molecule has 0 saturated heterocycles. The molecule has 0 heterocycles. The standard InChI is InChI=1S/C30H44O4S/c1-20(31)17-25(35(33,34)24-7-5-4-6-8-24)19-22-10-12-27-26-11-9-21-18-23(32)13-15-29(21,2)28(26)14-16-30(22,27)3/h4-9,20,22-23,25-28,31-32H,10-19H2,1-3H3/t20-,22?,23?,25?,26?,27?,28?,29?,30?/m1/s1. The molecule has 0 aliphatic heterocycles. The minimum absolute atomic E-state index is 0.167. The van der Waals surface area contributed by atoms with Crippen molar-refractivity contribution < 1.29 is 18.6 Å². The second-order valence-corrected chi connectivity index (χ2v) is 15.0. The molecule has 0 radical (unpaired) electrons. The minimum atomic E-state index is -3.50. The Morgan fingerprint density at radius 3 is 2.49 bits per heavy atom. The summed E-state index contributed by atoms with van der Waals surface area (Å²) in [4.78, 5) is 0.381. The molecule has 2 N–H and O–H groups in total. The van der Waals surface area contributed by atoms with Gasteiger partial charge in [-0.05, 0) is 118 Å². The molecule has 35 heavy (non-hydrogen) atoms. The molecule has 4 nitrogen and oxygen atoms in total. The van der Waals surface area contributed by atoms with Gasteiger partial charge < -0.3 is 10.2 Å². The summed E-state index contributed by atoms with van der Waals surface area (Å²) < 4.78 is 27.3. The number of rotatable bonds is 6. The molecule has 8 unspecified atom stereocenters. The van der Waals surface area contributed by atoms with Crippen molar-refractivity contribution in [3.05, 3.63) is 42.0 Å². The first-order valence-electron chi connectivity index (χ1n) is 13.9. The van der Waals surface area contributed by atoms with Crippen LogP contribution >= 0.6 is 0 Å². The molecule has 0 bridgehead atoms. The van der Waals surface area contributed by atoms with Crippen LogP contribution < -0.4 is 0 Å². The summed E-state index contributed by atoms with van der Waals surface area (Å²) in [5.41, 5.74) is 1.90. The maximum Gasteiger partial charge on any atom is 0.181 e. The first-order valence-corrected chi connectivity index (χ1v) is 15.4. The maximum atomic E-state index is 13.6. The van der Waals surface area contributed by atoms with Gasteiger partial charge in [0, 0.05) is 0 Å². The van der Waals surface area contributed by atoms with Gasteiger partial charge in [0.2, 0.25) is 0 Å². The highest BCUT2D eigenvalue weighted by molar-refractivity contribution is 7.92. The molecule has 9 atom stereocenters. The van der Waals surface area contributed by atoms with Crippen LogP contribution in [0.5, 0.6) is 0 Å². The van der Waals surface area contributed by atoms with Crippen LogP contribution in [-0.4, -0.2) is 36.1 Å². The number of fused-ring (bicyclic) bond motifs is 5. The van der Waals surface area contributed by atoms with Crippen LogP contribution in [0.15, 0.2) is 46.9 Å². The van der Waals surface area contributed by atoms with Gasteiger partial charge in [0.15, 0.2) is 9.84 Å². The van der Waals surface area contributed by atoms with Crippen molar-refractivity contribution in [2.45, 2.75) is 107 Å². The van der Waals surface area contributed by atoms with E-state index in [1.807, 2.05) is 6.07 Å². The van der Waals surface area contributed by atoms with Gasteiger partial charge in [-0.3, -0.25) is 0 Å². The van der Waals surface area contributed by atoms with Crippen LogP contribution in [0.2, 0.25) is 0 Å². The lowest BCUT2D eigenvalue weighted by atomic mass is 9.47. The van der Waals surface area contributed by atoms with Crippen LogP contribution in [-0.2, 0) is 9.84 Å². The highest BCUT2D eigenvalue weighted by Crippen LogP contribution is 2.67. The predicted octanol–water partition coefficient (Wildman–Crippen LogP) is 5.93. The number of aliphatic hydroxyl groups excluding tert-OH is 2. The molecule has 0 spiro atoms. The molecule has 0 aromatic heterocycles. The van der Waals surface area contributed by atoms with Gasteiger partial charge in [0.1, 0.15) is 0 Å². The number of aliphatic hydroxyl groups is 2. The van der Waals surface area contributed by atoms with E-state index in [1.54, 1.807) is 31.2 Å².